The molecule has 0 unspecified atom stereocenters. The molecule has 0 atom stereocenters. The highest BCUT2D eigenvalue weighted by Crippen LogP contribution is 2.21. The largest absolute Gasteiger partial charge is 0.508 e. The predicted molar refractivity (Wildman–Crippen MR) is 75.9 cm³/mol. The number of carbonyl (C=O) groups excluding carboxylic acids is 1. The van der Waals surface area contributed by atoms with Crippen LogP contribution >= 0.6 is 11.8 Å². The SMILES string of the molecule is CCCCSCC(=O)Nc1ccc(O)cc1C(=O)O. The number of thioether (sulfide) groups is 1. The first-order valence-corrected chi connectivity index (χ1v) is 7.14. The highest BCUT2D eigenvalue weighted by molar-refractivity contribution is 7.99. The highest BCUT2D eigenvalue weighted by Gasteiger charge is 2.13. The maximum atomic E-state index is 11.6. The van der Waals surface area contributed by atoms with E-state index in [2.05, 4.69) is 12.2 Å². The molecule has 0 aliphatic rings. The molecule has 0 bridgehead atoms. The number of nitrogens with one attached hydrogen (secondary N) is 1. The number of hydrogen-bond acceptors (Lipinski definition) is 4. The second-order valence-corrected chi connectivity index (χ2v) is 5.09. The van der Waals surface area contributed by atoms with Gasteiger partial charge < -0.3 is 15.5 Å². The van der Waals surface area contributed by atoms with E-state index in [-0.39, 0.29) is 22.9 Å². The van der Waals surface area contributed by atoms with Gasteiger partial charge in [-0.3, -0.25) is 4.79 Å². The molecule has 0 saturated carbocycles. The van der Waals surface area contributed by atoms with Crippen molar-refractivity contribution in [1.82, 2.24) is 0 Å². The lowest BCUT2D eigenvalue weighted by Gasteiger charge is -2.08. The topological polar surface area (TPSA) is 86.6 Å². The number of rotatable bonds is 7. The Kier molecular flexibility index (Phi) is 6.21. The van der Waals surface area contributed by atoms with E-state index in [1.165, 1.54) is 23.9 Å². The lowest BCUT2D eigenvalue weighted by atomic mass is 10.1. The summed E-state index contributed by atoms with van der Waals surface area (Å²) in [6.07, 6.45) is 2.13. The maximum Gasteiger partial charge on any atom is 0.337 e. The van der Waals surface area contributed by atoms with Crippen LogP contribution in [0.5, 0.6) is 5.75 Å². The Morgan fingerprint density at radius 2 is 2.11 bits per heavy atom. The number of anilines is 1. The minimum absolute atomic E-state index is 0.119. The van der Waals surface area contributed by atoms with Crippen molar-refractivity contribution >= 4 is 29.3 Å². The zero-order chi connectivity index (χ0) is 14.3. The molecule has 6 heteroatoms. The molecule has 0 heterocycles. The summed E-state index contributed by atoms with van der Waals surface area (Å²) in [7, 11) is 0. The van der Waals surface area contributed by atoms with Crippen molar-refractivity contribution in [2.45, 2.75) is 19.8 Å². The number of amides is 1. The molecule has 19 heavy (non-hydrogen) atoms. The number of carbonyl (C=O) groups is 2. The van der Waals surface area contributed by atoms with Crippen molar-refractivity contribution in [2.75, 3.05) is 16.8 Å². The molecule has 0 spiro atoms. The van der Waals surface area contributed by atoms with E-state index in [1.807, 2.05) is 0 Å². The molecule has 0 aliphatic carbocycles. The van der Waals surface area contributed by atoms with Crippen molar-refractivity contribution in [2.24, 2.45) is 0 Å². The Labute approximate surface area is 116 Å². The van der Waals surface area contributed by atoms with E-state index in [0.717, 1.165) is 24.7 Å². The highest BCUT2D eigenvalue weighted by atomic mass is 32.2. The number of aromatic carboxylic acids is 1. The second-order valence-electron chi connectivity index (χ2n) is 3.99. The first-order valence-electron chi connectivity index (χ1n) is 5.98. The zero-order valence-electron chi connectivity index (χ0n) is 10.7. The number of hydrogen-bond donors (Lipinski definition) is 3. The van der Waals surface area contributed by atoms with E-state index in [1.54, 1.807) is 0 Å². The molecule has 1 aromatic rings. The summed E-state index contributed by atoms with van der Waals surface area (Å²) in [4.78, 5) is 22.6. The molecule has 104 valence electrons. The number of unbranched alkanes of at least 4 members (excludes halogenated alkanes) is 1. The van der Waals surface area contributed by atoms with Crippen LogP contribution in [0.15, 0.2) is 18.2 Å². The van der Waals surface area contributed by atoms with Crippen LogP contribution in [0, 0.1) is 0 Å². The quantitative estimate of drug-likeness (QED) is 0.529. The van der Waals surface area contributed by atoms with Crippen LogP contribution in [0.3, 0.4) is 0 Å². The Balaban J connectivity index is 2.61. The van der Waals surface area contributed by atoms with Crippen molar-refractivity contribution in [3.05, 3.63) is 23.8 Å². The fraction of sp³-hybridized carbons (Fsp3) is 0.385. The molecule has 0 aliphatic heterocycles. The Morgan fingerprint density at radius 1 is 1.37 bits per heavy atom. The van der Waals surface area contributed by atoms with Crippen LogP contribution in [-0.2, 0) is 4.79 Å². The molecule has 0 fully saturated rings. The van der Waals surface area contributed by atoms with E-state index in [0.29, 0.717) is 5.75 Å². The fourth-order valence-corrected chi connectivity index (χ4v) is 2.31. The van der Waals surface area contributed by atoms with Gasteiger partial charge in [0.15, 0.2) is 0 Å². The third-order valence-electron chi connectivity index (χ3n) is 2.38. The van der Waals surface area contributed by atoms with Gasteiger partial charge in [-0.1, -0.05) is 13.3 Å². The van der Waals surface area contributed by atoms with Gasteiger partial charge in [-0.15, -0.1) is 0 Å². The lowest BCUT2D eigenvalue weighted by molar-refractivity contribution is -0.113. The van der Waals surface area contributed by atoms with Gasteiger partial charge >= 0.3 is 5.97 Å². The van der Waals surface area contributed by atoms with E-state index in [9.17, 15) is 14.7 Å². The average Bonchev–Trinajstić information content (AvgIpc) is 2.36. The molecule has 0 aromatic heterocycles. The third kappa shape index (κ3) is 5.21. The van der Waals surface area contributed by atoms with Crippen LogP contribution in [-0.4, -0.2) is 33.6 Å². The number of aromatic hydroxyl groups is 1. The van der Waals surface area contributed by atoms with Gasteiger partial charge in [-0.2, -0.15) is 11.8 Å². The smallest absolute Gasteiger partial charge is 0.337 e. The van der Waals surface area contributed by atoms with Crippen LogP contribution in [0.1, 0.15) is 30.1 Å². The maximum absolute atomic E-state index is 11.6. The summed E-state index contributed by atoms with van der Waals surface area (Å²) in [6.45, 7) is 2.08. The lowest BCUT2D eigenvalue weighted by Crippen LogP contribution is -2.16. The molecular weight excluding hydrogens is 266 g/mol. The molecule has 0 radical (unpaired) electrons. The molecule has 1 amide bonds. The average molecular weight is 283 g/mol. The first-order chi connectivity index (χ1) is 9.04. The standard InChI is InChI=1S/C13H17NO4S/c1-2-3-6-19-8-12(16)14-11-5-4-9(15)7-10(11)13(17)18/h4-5,7,15H,2-3,6,8H2,1H3,(H,14,16)(H,17,18). The Bertz CT molecular complexity index is 462. The van der Waals surface area contributed by atoms with Gasteiger partial charge in [0.1, 0.15) is 5.75 Å². The molecule has 1 aromatic carbocycles. The van der Waals surface area contributed by atoms with Crippen LogP contribution in [0.4, 0.5) is 5.69 Å². The number of carboxylic acid groups (broad SMARTS) is 1. The van der Waals surface area contributed by atoms with Gasteiger partial charge in [-0.25, -0.2) is 4.79 Å². The van der Waals surface area contributed by atoms with Gasteiger partial charge in [0, 0.05) is 0 Å². The van der Waals surface area contributed by atoms with E-state index in [4.69, 9.17) is 5.11 Å². The summed E-state index contributed by atoms with van der Waals surface area (Å²) >= 11 is 1.51. The summed E-state index contributed by atoms with van der Waals surface area (Å²) in [5.41, 5.74) is 0.0818. The van der Waals surface area contributed by atoms with Gasteiger partial charge in [-0.05, 0) is 30.4 Å². The van der Waals surface area contributed by atoms with Crippen LogP contribution in [0.25, 0.3) is 0 Å². The molecule has 0 saturated heterocycles. The van der Waals surface area contributed by atoms with Crippen LogP contribution in [0.2, 0.25) is 0 Å². The fourth-order valence-electron chi connectivity index (χ4n) is 1.42. The van der Waals surface area contributed by atoms with Gasteiger partial charge in [0.2, 0.25) is 5.91 Å². The second kappa shape index (κ2) is 7.68. The predicted octanol–water partition coefficient (Wildman–Crippen LogP) is 2.56. The van der Waals surface area contributed by atoms with Crippen molar-refractivity contribution in [3.63, 3.8) is 0 Å². The normalized spacial score (nSPS) is 10.2. The zero-order valence-corrected chi connectivity index (χ0v) is 11.5. The van der Waals surface area contributed by atoms with Gasteiger partial charge in [0.05, 0.1) is 17.0 Å². The summed E-state index contributed by atoms with van der Waals surface area (Å²) in [6, 6.07) is 3.84. The number of phenolic OH excluding ortho intramolecular Hbond substituents is 1. The minimum atomic E-state index is -1.19. The van der Waals surface area contributed by atoms with Crippen molar-refractivity contribution in [3.8, 4) is 5.75 Å². The summed E-state index contributed by atoms with van der Waals surface area (Å²) < 4.78 is 0. The van der Waals surface area contributed by atoms with Crippen LogP contribution < -0.4 is 5.32 Å². The molecule has 3 N–H and O–H groups in total. The van der Waals surface area contributed by atoms with E-state index >= 15 is 0 Å². The minimum Gasteiger partial charge on any atom is -0.508 e. The Morgan fingerprint density at radius 3 is 2.74 bits per heavy atom. The molecule has 5 nitrogen and oxygen atoms in total. The summed E-state index contributed by atoms with van der Waals surface area (Å²) in [5.74, 6) is -0.377. The van der Waals surface area contributed by atoms with E-state index < -0.39 is 5.97 Å². The first kappa shape index (κ1) is 15.4. The molecular formula is C13H17NO4S. The summed E-state index contributed by atoms with van der Waals surface area (Å²) in [5, 5.41) is 20.8. The molecule has 1 rings (SSSR count). The Hall–Kier alpha value is -1.69. The third-order valence-corrected chi connectivity index (χ3v) is 3.43. The van der Waals surface area contributed by atoms with Gasteiger partial charge in [0.25, 0.3) is 0 Å². The number of benzene rings is 1. The van der Waals surface area contributed by atoms with Crippen molar-refractivity contribution in [1.29, 1.82) is 0 Å². The van der Waals surface area contributed by atoms with Crippen molar-refractivity contribution < 1.29 is 19.8 Å². The number of carboxylic acids is 1. The number of phenols is 1. The monoisotopic (exact) mass is 283 g/mol.